The Labute approximate surface area is 154 Å². The number of likely N-dealkylation sites (N-methyl/N-ethyl adjacent to an activating group) is 1. The van der Waals surface area contributed by atoms with Crippen molar-refractivity contribution in [3.63, 3.8) is 0 Å². The molecule has 0 unspecified atom stereocenters. The van der Waals surface area contributed by atoms with Crippen molar-refractivity contribution >= 4 is 0 Å². The Morgan fingerprint density at radius 1 is 1.12 bits per heavy atom. The molecule has 1 atom stereocenters. The third kappa shape index (κ3) is 2.67. The van der Waals surface area contributed by atoms with Gasteiger partial charge in [0.15, 0.2) is 23.0 Å². The first-order valence-corrected chi connectivity index (χ1v) is 9.01. The highest BCUT2D eigenvalue weighted by molar-refractivity contribution is 5.54. The van der Waals surface area contributed by atoms with Gasteiger partial charge in [0, 0.05) is 18.2 Å². The molecule has 4 rings (SSSR count). The van der Waals surface area contributed by atoms with Crippen molar-refractivity contribution in [1.82, 2.24) is 4.90 Å². The maximum Gasteiger partial charge on any atom is 0.231 e. The quantitative estimate of drug-likeness (QED) is 0.836. The first-order chi connectivity index (χ1) is 12.7. The lowest BCUT2D eigenvalue weighted by Gasteiger charge is -2.36. The number of methoxy groups -OCH3 is 2. The normalized spacial score (nSPS) is 18.5. The van der Waals surface area contributed by atoms with Gasteiger partial charge in [0.05, 0.1) is 14.2 Å². The fraction of sp³-hybridized carbons (Fsp3) is 0.429. The lowest BCUT2D eigenvalue weighted by molar-refractivity contribution is 0.173. The first-order valence-electron chi connectivity index (χ1n) is 9.01. The number of hydrogen-bond acceptors (Lipinski definition) is 5. The van der Waals surface area contributed by atoms with Crippen LogP contribution in [0.25, 0.3) is 0 Å². The van der Waals surface area contributed by atoms with Crippen LogP contribution in [0.3, 0.4) is 0 Å². The van der Waals surface area contributed by atoms with E-state index in [1.54, 1.807) is 14.2 Å². The van der Waals surface area contributed by atoms with Gasteiger partial charge in [-0.15, -0.1) is 0 Å². The van der Waals surface area contributed by atoms with Gasteiger partial charge >= 0.3 is 0 Å². The molecule has 0 bridgehead atoms. The maximum atomic E-state index is 5.64. The van der Waals surface area contributed by atoms with E-state index in [4.69, 9.17) is 18.9 Å². The van der Waals surface area contributed by atoms with Crippen LogP contribution >= 0.6 is 0 Å². The van der Waals surface area contributed by atoms with Crippen molar-refractivity contribution in [2.75, 3.05) is 28.1 Å². The van der Waals surface area contributed by atoms with Gasteiger partial charge in [0.2, 0.25) is 6.79 Å². The van der Waals surface area contributed by atoms with E-state index in [-0.39, 0.29) is 0 Å². The molecule has 0 spiro atoms. The number of fused-ring (bicyclic) bond motifs is 2. The molecule has 26 heavy (non-hydrogen) atoms. The number of nitrogens with zero attached hydrogens (tertiary/aromatic N) is 1. The van der Waals surface area contributed by atoms with E-state index >= 15 is 0 Å². The minimum atomic E-state index is 0.296. The van der Waals surface area contributed by atoms with E-state index in [0.29, 0.717) is 12.8 Å². The zero-order valence-electron chi connectivity index (χ0n) is 15.8. The molecular formula is C21H25NO4. The van der Waals surface area contributed by atoms with E-state index < -0.39 is 0 Å². The lowest BCUT2D eigenvalue weighted by Crippen LogP contribution is -2.32. The number of hydrogen-bond donors (Lipinski definition) is 0. The van der Waals surface area contributed by atoms with Crippen molar-refractivity contribution in [3.8, 4) is 23.0 Å². The molecule has 0 saturated heterocycles. The molecule has 0 amide bonds. The fourth-order valence-corrected chi connectivity index (χ4v) is 4.08. The minimum Gasteiger partial charge on any atom is -0.493 e. The monoisotopic (exact) mass is 355 g/mol. The van der Waals surface area contributed by atoms with E-state index in [1.807, 2.05) is 6.07 Å². The average Bonchev–Trinajstić information content (AvgIpc) is 3.12. The second-order valence-corrected chi connectivity index (χ2v) is 6.83. The number of aryl methyl sites for hydroxylation is 1. The molecule has 5 nitrogen and oxygen atoms in total. The summed E-state index contributed by atoms with van der Waals surface area (Å²) >= 11 is 0. The Balaban J connectivity index is 1.75. The summed E-state index contributed by atoms with van der Waals surface area (Å²) in [7, 11) is 5.55. The summed E-state index contributed by atoms with van der Waals surface area (Å²) in [6.45, 7) is 3.31. The molecule has 0 fully saturated rings. The highest BCUT2D eigenvalue weighted by Crippen LogP contribution is 2.44. The molecule has 0 radical (unpaired) electrons. The zero-order chi connectivity index (χ0) is 18.3. The summed E-state index contributed by atoms with van der Waals surface area (Å²) in [5.41, 5.74) is 5.16. The van der Waals surface area contributed by atoms with Gasteiger partial charge in [-0.3, -0.25) is 4.90 Å². The Bertz CT molecular complexity index is 833. The largest absolute Gasteiger partial charge is 0.493 e. The van der Waals surface area contributed by atoms with Crippen molar-refractivity contribution in [2.45, 2.75) is 32.4 Å². The van der Waals surface area contributed by atoms with Crippen LogP contribution in [0, 0.1) is 0 Å². The Morgan fingerprint density at radius 3 is 2.58 bits per heavy atom. The molecule has 0 N–H and O–H groups in total. The van der Waals surface area contributed by atoms with Crippen LogP contribution in [0.2, 0.25) is 0 Å². The van der Waals surface area contributed by atoms with Crippen molar-refractivity contribution in [1.29, 1.82) is 0 Å². The van der Waals surface area contributed by atoms with Crippen LogP contribution in [-0.2, 0) is 19.4 Å². The summed E-state index contributed by atoms with van der Waals surface area (Å²) in [5, 5.41) is 0. The number of benzene rings is 2. The summed E-state index contributed by atoms with van der Waals surface area (Å²) in [6.07, 6.45) is 1.90. The highest BCUT2D eigenvalue weighted by atomic mass is 16.7. The summed E-state index contributed by atoms with van der Waals surface area (Å²) in [4.78, 5) is 2.38. The van der Waals surface area contributed by atoms with Gasteiger partial charge in [-0.1, -0.05) is 13.0 Å². The third-order valence-electron chi connectivity index (χ3n) is 5.47. The molecule has 2 heterocycles. The molecule has 2 aliphatic heterocycles. The van der Waals surface area contributed by atoms with Gasteiger partial charge in [0.1, 0.15) is 0 Å². The number of ether oxygens (including phenoxy) is 4. The summed E-state index contributed by atoms with van der Waals surface area (Å²) in [5.74, 6) is 3.34. The Kier molecular flexibility index (Phi) is 4.41. The topological polar surface area (TPSA) is 40.2 Å². The van der Waals surface area contributed by atoms with E-state index in [9.17, 15) is 0 Å². The maximum absolute atomic E-state index is 5.64. The smallest absolute Gasteiger partial charge is 0.231 e. The SMILES string of the molecule is CCc1cc2c(cc1[C@H]1Cc3ccc(OC)c(OC)c3CN1C)OCO2. The molecule has 138 valence electrons. The molecule has 5 heteroatoms. The molecule has 2 aromatic carbocycles. The first kappa shape index (κ1) is 17.0. The summed E-state index contributed by atoms with van der Waals surface area (Å²) in [6, 6.07) is 8.75. The fourth-order valence-electron chi connectivity index (χ4n) is 4.08. The second-order valence-electron chi connectivity index (χ2n) is 6.83. The minimum absolute atomic E-state index is 0.296. The molecule has 2 aromatic rings. The van der Waals surface area contributed by atoms with E-state index in [0.717, 1.165) is 42.4 Å². The summed E-state index contributed by atoms with van der Waals surface area (Å²) < 4.78 is 22.3. The zero-order valence-corrected chi connectivity index (χ0v) is 15.8. The molecule has 0 saturated carbocycles. The molecule has 0 aliphatic carbocycles. The highest BCUT2D eigenvalue weighted by Gasteiger charge is 2.31. The van der Waals surface area contributed by atoms with E-state index in [1.165, 1.54) is 22.3 Å². The number of rotatable bonds is 4. The Morgan fingerprint density at radius 2 is 1.88 bits per heavy atom. The van der Waals surface area contributed by atoms with Crippen molar-refractivity contribution < 1.29 is 18.9 Å². The molecule has 0 aromatic heterocycles. The van der Waals surface area contributed by atoms with Crippen LogP contribution in [0.1, 0.15) is 35.2 Å². The van der Waals surface area contributed by atoms with Crippen molar-refractivity contribution in [2.24, 2.45) is 0 Å². The van der Waals surface area contributed by atoms with Gasteiger partial charge in [-0.05, 0) is 54.8 Å². The predicted octanol–water partition coefficient (Wildman–Crippen LogP) is 3.72. The van der Waals surface area contributed by atoms with Crippen LogP contribution < -0.4 is 18.9 Å². The van der Waals surface area contributed by atoms with Crippen LogP contribution in [0.15, 0.2) is 24.3 Å². The standard InChI is InChI=1S/C21H25NO4/c1-5-13-9-19-20(26-12-25-19)10-15(13)17-8-14-6-7-18(23-3)21(24-4)16(14)11-22(17)2/h6-7,9-10,17H,5,8,11-12H2,1-4H3/t17-/m1/s1. The predicted molar refractivity (Wildman–Crippen MR) is 99.4 cm³/mol. The van der Waals surface area contributed by atoms with Crippen LogP contribution in [0.5, 0.6) is 23.0 Å². The molecule has 2 aliphatic rings. The van der Waals surface area contributed by atoms with Gasteiger partial charge < -0.3 is 18.9 Å². The third-order valence-corrected chi connectivity index (χ3v) is 5.47. The molecular weight excluding hydrogens is 330 g/mol. The van der Waals surface area contributed by atoms with Crippen LogP contribution in [0.4, 0.5) is 0 Å². The van der Waals surface area contributed by atoms with E-state index in [2.05, 4.69) is 37.1 Å². The Hall–Kier alpha value is -2.40. The average molecular weight is 355 g/mol. The van der Waals surface area contributed by atoms with Crippen molar-refractivity contribution in [3.05, 3.63) is 46.5 Å². The lowest BCUT2D eigenvalue weighted by atomic mass is 9.87. The van der Waals surface area contributed by atoms with Crippen LogP contribution in [-0.4, -0.2) is 33.0 Å². The van der Waals surface area contributed by atoms with Gasteiger partial charge in [-0.25, -0.2) is 0 Å². The second kappa shape index (κ2) is 6.72. The van der Waals surface area contributed by atoms with Gasteiger partial charge in [-0.2, -0.15) is 0 Å². The van der Waals surface area contributed by atoms with Gasteiger partial charge in [0.25, 0.3) is 0 Å².